The number of hydrogen-bond acceptors (Lipinski definition) is 5. The predicted octanol–water partition coefficient (Wildman–Crippen LogP) is 1.56. The molecule has 3 rings (SSSR count). The summed E-state index contributed by atoms with van der Waals surface area (Å²) < 4.78 is 1.42. The number of anilines is 2. The van der Waals surface area contributed by atoms with E-state index in [2.05, 4.69) is 10.2 Å². The molecule has 2 heterocycles. The van der Waals surface area contributed by atoms with E-state index in [9.17, 15) is 14.4 Å². The Kier molecular flexibility index (Phi) is 4.89. The molecule has 1 fully saturated rings. The number of benzene rings is 1. The van der Waals surface area contributed by atoms with Gasteiger partial charge >= 0.3 is 4.87 Å². The van der Waals surface area contributed by atoms with E-state index in [0.717, 1.165) is 48.6 Å². The van der Waals surface area contributed by atoms with E-state index in [1.807, 2.05) is 6.07 Å². The molecule has 0 saturated carbocycles. The third-order valence-corrected chi connectivity index (χ3v) is 5.16. The van der Waals surface area contributed by atoms with Gasteiger partial charge in [0.2, 0.25) is 11.8 Å². The number of primary amides is 1. The van der Waals surface area contributed by atoms with Gasteiger partial charge < -0.3 is 16.0 Å². The van der Waals surface area contributed by atoms with Crippen LogP contribution in [0.2, 0.25) is 0 Å². The molecule has 0 unspecified atom stereocenters. The summed E-state index contributed by atoms with van der Waals surface area (Å²) in [6.07, 6.45) is 2.18. The molecule has 0 bridgehead atoms. The summed E-state index contributed by atoms with van der Waals surface area (Å²) in [5.74, 6) is -0.862. The van der Waals surface area contributed by atoms with E-state index in [0.29, 0.717) is 11.3 Å². The first kappa shape index (κ1) is 17.2. The van der Waals surface area contributed by atoms with Crippen molar-refractivity contribution in [1.82, 2.24) is 4.57 Å². The van der Waals surface area contributed by atoms with Gasteiger partial charge in [0.05, 0.1) is 11.4 Å². The molecule has 1 aromatic heterocycles. The first-order chi connectivity index (χ1) is 12.0. The Morgan fingerprint density at radius 2 is 2.00 bits per heavy atom. The molecular weight excluding hydrogens is 340 g/mol. The zero-order chi connectivity index (χ0) is 18.0. The van der Waals surface area contributed by atoms with E-state index < -0.39 is 5.91 Å². The Morgan fingerprint density at radius 3 is 2.60 bits per heavy atom. The van der Waals surface area contributed by atoms with Gasteiger partial charge in [-0.2, -0.15) is 0 Å². The molecule has 0 aliphatic carbocycles. The molecule has 7 nitrogen and oxygen atoms in total. The van der Waals surface area contributed by atoms with Gasteiger partial charge in [0.25, 0.3) is 0 Å². The minimum absolute atomic E-state index is 0.0611. The molecule has 3 N–H and O–H groups in total. The highest BCUT2D eigenvalue weighted by Gasteiger charge is 2.19. The first-order valence-corrected chi connectivity index (χ1v) is 8.97. The van der Waals surface area contributed by atoms with Crippen LogP contribution in [-0.4, -0.2) is 29.5 Å². The zero-order valence-corrected chi connectivity index (χ0v) is 14.8. The highest BCUT2D eigenvalue weighted by atomic mass is 32.1. The summed E-state index contributed by atoms with van der Waals surface area (Å²) in [5.41, 5.74) is 7.85. The molecule has 1 aliphatic rings. The van der Waals surface area contributed by atoms with Crippen LogP contribution in [0.3, 0.4) is 0 Å². The fourth-order valence-electron chi connectivity index (χ4n) is 2.95. The molecule has 1 aliphatic heterocycles. The molecule has 0 spiro atoms. The van der Waals surface area contributed by atoms with Crippen molar-refractivity contribution in [2.45, 2.75) is 26.3 Å². The van der Waals surface area contributed by atoms with Crippen molar-refractivity contribution >= 4 is 34.5 Å². The van der Waals surface area contributed by atoms with E-state index in [1.165, 1.54) is 4.57 Å². The van der Waals surface area contributed by atoms with Crippen LogP contribution in [0, 0.1) is 6.92 Å². The van der Waals surface area contributed by atoms with Crippen molar-refractivity contribution in [3.63, 3.8) is 0 Å². The van der Waals surface area contributed by atoms with Gasteiger partial charge in [0.1, 0.15) is 6.54 Å². The number of rotatable bonds is 5. The molecule has 0 radical (unpaired) electrons. The molecule has 2 amide bonds. The lowest BCUT2D eigenvalue weighted by molar-refractivity contribution is -0.116. The largest absolute Gasteiger partial charge is 0.370 e. The number of amides is 2. The maximum atomic E-state index is 12.4. The second-order valence-electron chi connectivity index (χ2n) is 6.07. The Bertz CT molecular complexity index is 865. The van der Waals surface area contributed by atoms with Crippen LogP contribution in [-0.2, 0) is 11.3 Å². The van der Waals surface area contributed by atoms with Crippen LogP contribution >= 0.6 is 11.3 Å². The summed E-state index contributed by atoms with van der Waals surface area (Å²) in [5, 5.41) is 4.55. The summed E-state index contributed by atoms with van der Waals surface area (Å²) in [6, 6.07) is 5.07. The second-order valence-corrected chi connectivity index (χ2v) is 6.89. The van der Waals surface area contributed by atoms with Crippen molar-refractivity contribution in [2.24, 2.45) is 5.73 Å². The van der Waals surface area contributed by atoms with Crippen LogP contribution < -0.4 is 20.8 Å². The minimum atomic E-state index is -0.548. The van der Waals surface area contributed by atoms with Crippen molar-refractivity contribution in [3.05, 3.63) is 44.5 Å². The van der Waals surface area contributed by atoms with E-state index in [-0.39, 0.29) is 17.3 Å². The van der Waals surface area contributed by atoms with Crippen LogP contribution in [0.1, 0.15) is 28.9 Å². The van der Waals surface area contributed by atoms with Crippen molar-refractivity contribution in [2.75, 3.05) is 23.3 Å². The maximum Gasteiger partial charge on any atom is 0.307 e. The van der Waals surface area contributed by atoms with Gasteiger partial charge in [0.15, 0.2) is 0 Å². The number of aryl methyl sites for hydroxylation is 1. The van der Waals surface area contributed by atoms with E-state index >= 15 is 0 Å². The standard InChI is InChI=1S/C17H20N4O3S/c1-11-10-25-17(24)21(11)9-15(22)19-13-8-12(16(18)23)4-5-14(13)20-6-2-3-7-20/h4-5,8,10H,2-3,6-7,9H2,1H3,(H2,18,23)(H,19,22). The van der Waals surface area contributed by atoms with Crippen molar-refractivity contribution in [3.8, 4) is 0 Å². The second kappa shape index (κ2) is 7.10. The molecule has 8 heteroatoms. The minimum Gasteiger partial charge on any atom is -0.370 e. The number of nitrogens with two attached hydrogens (primary N) is 1. The van der Waals surface area contributed by atoms with Crippen LogP contribution in [0.5, 0.6) is 0 Å². The van der Waals surface area contributed by atoms with Gasteiger partial charge in [-0.25, -0.2) is 0 Å². The summed E-state index contributed by atoms with van der Waals surface area (Å²) in [7, 11) is 0. The maximum absolute atomic E-state index is 12.4. The highest BCUT2D eigenvalue weighted by Crippen LogP contribution is 2.30. The smallest absolute Gasteiger partial charge is 0.307 e. The Hall–Kier alpha value is -2.61. The quantitative estimate of drug-likeness (QED) is 0.845. The van der Waals surface area contributed by atoms with Gasteiger partial charge in [-0.1, -0.05) is 11.3 Å². The average molecular weight is 360 g/mol. The topological polar surface area (TPSA) is 97.4 Å². The summed E-state index contributed by atoms with van der Waals surface area (Å²) in [6.45, 7) is 3.53. The van der Waals surface area contributed by atoms with Crippen molar-refractivity contribution < 1.29 is 9.59 Å². The normalized spacial score (nSPS) is 13.9. The highest BCUT2D eigenvalue weighted by molar-refractivity contribution is 7.07. The van der Waals surface area contributed by atoms with Gasteiger partial charge in [-0.3, -0.25) is 19.0 Å². The molecule has 2 aromatic rings. The number of hydrogen-bond donors (Lipinski definition) is 2. The fraction of sp³-hybridized carbons (Fsp3) is 0.353. The van der Waals surface area contributed by atoms with Crippen LogP contribution in [0.4, 0.5) is 11.4 Å². The number of aromatic nitrogens is 1. The number of carbonyl (C=O) groups excluding carboxylic acids is 2. The lowest BCUT2D eigenvalue weighted by Crippen LogP contribution is -2.27. The average Bonchev–Trinajstić information content (AvgIpc) is 3.20. The third-order valence-electron chi connectivity index (χ3n) is 4.28. The van der Waals surface area contributed by atoms with E-state index in [1.54, 1.807) is 24.4 Å². The molecular formula is C17H20N4O3S. The molecule has 132 valence electrons. The Morgan fingerprint density at radius 1 is 1.28 bits per heavy atom. The molecule has 0 atom stereocenters. The predicted molar refractivity (Wildman–Crippen MR) is 98.4 cm³/mol. The molecule has 25 heavy (non-hydrogen) atoms. The Labute approximate surface area is 149 Å². The van der Waals surface area contributed by atoms with E-state index in [4.69, 9.17) is 5.73 Å². The monoisotopic (exact) mass is 360 g/mol. The lowest BCUT2D eigenvalue weighted by atomic mass is 10.1. The zero-order valence-electron chi connectivity index (χ0n) is 13.9. The number of carbonyl (C=O) groups is 2. The third kappa shape index (κ3) is 3.74. The summed E-state index contributed by atoms with van der Waals surface area (Å²) in [4.78, 5) is 37.7. The Balaban J connectivity index is 1.86. The van der Waals surface area contributed by atoms with Gasteiger partial charge in [-0.15, -0.1) is 0 Å². The number of nitrogens with one attached hydrogen (secondary N) is 1. The first-order valence-electron chi connectivity index (χ1n) is 8.09. The summed E-state index contributed by atoms with van der Waals surface area (Å²) >= 11 is 1.07. The fourth-order valence-corrected chi connectivity index (χ4v) is 3.69. The van der Waals surface area contributed by atoms with Crippen LogP contribution in [0.25, 0.3) is 0 Å². The van der Waals surface area contributed by atoms with Gasteiger partial charge in [0, 0.05) is 29.7 Å². The SMILES string of the molecule is Cc1csc(=O)n1CC(=O)Nc1cc(C(N)=O)ccc1N1CCCC1. The molecule has 1 saturated heterocycles. The number of thiazole rings is 1. The van der Waals surface area contributed by atoms with Crippen molar-refractivity contribution in [1.29, 1.82) is 0 Å². The number of nitrogens with zero attached hydrogens (tertiary/aromatic N) is 2. The van der Waals surface area contributed by atoms with Crippen LogP contribution in [0.15, 0.2) is 28.4 Å². The lowest BCUT2D eigenvalue weighted by Gasteiger charge is -2.22. The van der Waals surface area contributed by atoms with Gasteiger partial charge in [-0.05, 0) is 38.0 Å². The molecule has 1 aromatic carbocycles.